The Kier molecular flexibility index (Phi) is 5.11. The number of hydrogen-bond acceptors (Lipinski definition) is 4. The highest BCUT2D eigenvalue weighted by Crippen LogP contribution is 2.07. The fourth-order valence-corrected chi connectivity index (χ4v) is 1.75. The van der Waals surface area contributed by atoms with Crippen LogP contribution in [0.2, 0.25) is 0 Å². The molecule has 2 aromatic rings. The Balaban J connectivity index is 1.85. The zero-order valence-electron chi connectivity index (χ0n) is 11.5. The Labute approximate surface area is 118 Å². The van der Waals surface area contributed by atoms with Crippen molar-refractivity contribution in [2.45, 2.75) is 19.8 Å². The van der Waals surface area contributed by atoms with Crippen LogP contribution >= 0.6 is 0 Å². The molecule has 0 atom stereocenters. The molecule has 0 aliphatic carbocycles. The van der Waals surface area contributed by atoms with Gasteiger partial charge in [0.25, 0.3) is 5.91 Å². The average molecular weight is 273 g/mol. The average Bonchev–Trinajstić information content (AvgIpc) is 2.98. The molecule has 2 rings (SSSR count). The maximum absolute atomic E-state index is 12.0. The Morgan fingerprint density at radius 1 is 1.30 bits per heavy atom. The van der Waals surface area contributed by atoms with Crippen molar-refractivity contribution in [1.29, 1.82) is 0 Å². The highest BCUT2D eigenvalue weighted by Gasteiger charge is 2.07. The number of amides is 1. The van der Waals surface area contributed by atoms with E-state index in [2.05, 4.69) is 32.5 Å². The smallest absolute Gasteiger partial charge is 0.269 e. The summed E-state index contributed by atoms with van der Waals surface area (Å²) in [5.41, 5.74) is 1.34. The first-order valence-electron chi connectivity index (χ1n) is 6.76. The van der Waals surface area contributed by atoms with Crippen LogP contribution in [0.3, 0.4) is 0 Å². The Morgan fingerprint density at radius 2 is 2.20 bits per heavy atom. The Morgan fingerprint density at radius 3 is 2.95 bits per heavy atom. The molecule has 0 fully saturated rings. The summed E-state index contributed by atoms with van der Waals surface area (Å²) in [6.45, 7) is 3.50. The molecule has 0 saturated carbocycles. The number of H-pyrrole nitrogens is 1. The number of hydrogen-bond donors (Lipinski definition) is 3. The first-order chi connectivity index (χ1) is 9.79. The minimum Gasteiger partial charge on any atom is -0.385 e. The maximum Gasteiger partial charge on any atom is 0.269 e. The lowest BCUT2D eigenvalue weighted by molar-refractivity contribution is 0.0949. The van der Waals surface area contributed by atoms with Gasteiger partial charge in [0.2, 0.25) is 0 Å². The summed E-state index contributed by atoms with van der Waals surface area (Å²) in [4.78, 5) is 23.2. The summed E-state index contributed by atoms with van der Waals surface area (Å²) in [6.07, 6.45) is 6.81. The van der Waals surface area contributed by atoms with Gasteiger partial charge in [-0.25, -0.2) is 4.98 Å². The number of carbonyl (C=O) groups excluding carboxylic acids is 1. The first-order valence-corrected chi connectivity index (χ1v) is 6.76. The second-order valence-electron chi connectivity index (χ2n) is 4.40. The van der Waals surface area contributed by atoms with Crippen molar-refractivity contribution in [2.24, 2.45) is 0 Å². The quantitative estimate of drug-likeness (QED) is 0.715. The highest BCUT2D eigenvalue weighted by molar-refractivity contribution is 5.93. The van der Waals surface area contributed by atoms with Crippen molar-refractivity contribution in [3.63, 3.8) is 0 Å². The number of nitrogens with one attached hydrogen (secondary N) is 3. The van der Waals surface area contributed by atoms with Crippen molar-refractivity contribution in [3.05, 3.63) is 42.2 Å². The van der Waals surface area contributed by atoms with E-state index in [1.165, 1.54) is 0 Å². The number of aromatic amines is 1. The summed E-state index contributed by atoms with van der Waals surface area (Å²) >= 11 is 0. The third-order valence-corrected chi connectivity index (χ3v) is 2.77. The van der Waals surface area contributed by atoms with Gasteiger partial charge in [-0.05, 0) is 18.6 Å². The standard InChI is InChI=1S/C14H19N5O/c1-2-5-15-11-3-6-16-12(10-11)14(20)19-7-4-13-17-8-9-18-13/h3,6,8-10H,2,4-5,7H2,1H3,(H,15,16)(H,17,18)(H,19,20). The molecule has 106 valence electrons. The van der Waals surface area contributed by atoms with Gasteiger partial charge in [-0.1, -0.05) is 6.92 Å². The van der Waals surface area contributed by atoms with E-state index >= 15 is 0 Å². The van der Waals surface area contributed by atoms with Crippen molar-refractivity contribution in [2.75, 3.05) is 18.4 Å². The molecule has 0 radical (unpaired) electrons. The predicted octanol–water partition coefficient (Wildman–Crippen LogP) is 1.60. The molecule has 6 nitrogen and oxygen atoms in total. The van der Waals surface area contributed by atoms with E-state index in [1.807, 2.05) is 6.07 Å². The zero-order chi connectivity index (χ0) is 14.2. The second kappa shape index (κ2) is 7.28. The van der Waals surface area contributed by atoms with E-state index in [-0.39, 0.29) is 5.91 Å². The first kappa shape index (κ1) is 14.0. The molecule has 0 saturated heterocycles. The summed E-state index contributed by atoms with van der Waals surface area (Å²) in [5, 5.41) is 6.06. The minimum absolute atomic E-state index is 0.170. The number of anilines is 1. The molecular formula is C14H19N5O. The van der Waals surface area contributed by atoms with E-state index in [4.69, 9.17) is 0 Å². The van der Waals surface area contributed by atoms with Gasteiger partial charge in [-0.15, -0.1) is 0 Å². The van der Waals surface area contributed by atoms with Crippen LogP contribution < -0.4 is 10.6 Å². The molecule has 2 heterocycles. The predicted molar refractivity (Wildman–Crippen MR) is 77.6 cm³/mol. The van der Waals surface area contributed by atoms with Crippen molar-refractivity contribution in [3.8, 4) is 0 Å². The van der Waals surface area contributed by atoms with Crippen LogP contribution in [0, 0.1) is 0 Å². The van der Waals surface area contributed by atoms with E-state index in [0.717, 1.165) is 24.5 Å². The lowest BCUT2D eigenvalue weighted by Gasteiger charge is -2.07. The third-order valence-electron chi connectivity index (χ3n) is 2.77. The lowest BCUT2D eigenvalue weighted by Crippen LogP contribution is -2.26. The molecule has 0 unspecified atom stereocenters. The van der Waals surface area contributed by atoms with Gasteiger partial charge in [0.15, 0.2) is 0 Å². The number of aromatic nitrogens is 3. The molecule has 0 aromatic carbocycles. The molecule has 0 aliphatic heterocycles. The number of carbonyl (C=O) groups is 1. The highest BCUT2D eigenvalue weighted by atomic mass is 16.1. The molecule has 2 aromatic heterocycles. The summed E-state index contributed by atoms with van der Waals surface area (Å²) in [5.74, 6) is 0.688. The molecule has 1 amide bonds. The summed E-state index contributed by atoms with van der Waals surface area (Å²) in [7, 11) is 0. The SMILES string of the molecule is CCCNc1ccnc(C(=O)NCCc2ncc[nH]2)c1. The molecule has 20 heavy (non-hydrogen) atoms. The minimum atomic E-state index is -0.170. The lowest BCUT2D eigenvalue weighted by atomic mass is 10.3. The van der Waals surface area contributed by atoms with Gasteiger partial charge in [0, 0.05) is 43.8 Å². The van der Waals surface area contributed by atoms with E-state index < -0.39 is 0 Å². The van der Waals surface area contributed by atoms with Crippen molar-refractivity contribution >= 4 is 11.6 Å². The summed E-state index contributed by atoms with van der Waals surface area (Å²) in [6, 6.07) is 3.62. The van der Waals surface area contributed by atoms with Crippen LogP contribution in [0.4, 0.5) is 5.69 Å². The Bertz CT molecular complexity index is 538. The number of nitrogens with zero attached hydrogens (tertiary/aromatic N) is 2. The van der Waals surface area contributed by atoms with Gasteiger partial charge in [-0.2, -0.15) is 0 Å². The molecule has 0 spiro atoms. The maximum atomic E-state index is 12.0. The van der Waals surface area contributed by atoms with Crippen molar-refractivity contribution < 1.29 is 4.79 Å². The zero-order valence-corrected chi connectivity index (χ0v) is 11.5. The number of imidazole rings is 1. The van der Waals surface area contributed by atoms with Crippen LogP contribution in [-0.4, -0.2) is 33.9 Å². The van der Waals surface area contributed by atoms with Crippen LogP contribution in [0.1, 0.15) is 29.7 Å². The van der Waals surface area contributed by atoms with E-state index in [0.29, 0.717) is 18.7 Å². The van der Waals surface area contributed by atoms with Crippen LogP contribution in [0.25, 0.3) is 0 Å². The largest absolute Gasteiger partial charge is 0.385 e. The van der Waals surface area contributed by atoms with Gasteiger partial charge in [-0.3, -0.25) is 9.78 Å². The van der Waals surface area contributed by atoms with E-state index in [9.17, 15) is 4.79 Å². The van der Waals surface area contributed by atoms with Crippen LogP contribution in [-0.2, 0) is 6.42 Å². The fraction of sp³-hybridized carbons (Fsp3) is 0.357. The van der Waals surface area contributed by atoms with Gasteiger partial charge in [0.1, 0.15) is 11.5 Å². The van der Waals surface area contributed by atoms with Gasteiger partial charge in [0.05, 0.1) is 0 Å². The van der Waals surface area contributed by atoms with Gasteiger partial charge >= 0.3 is 0 Å². The molecule has 3 N–H and O–H groups in total. The second-order valence-corrected chi connectivity index (χ2v) is 4.40. The van der Waals surface area contributed by atoms with Crippen molar-refractivity contribution in [1.82, 2.24) is 20.3 Å². The molecule has 6 heteroatoms. The summed E-state index contributed by atoms with van der Waals surface area (Å²) < 4.78 is 0. The monoisotopic (exact) mass is 273 g/mol. The van der Waals surface area contributed by atoms with Crippen LogP contribution in [0.5, 0.6) is 0 Å². The topological polar surface area (TPSA) is 82.7 Å². The van der Waals surface area contributed by atoms with Crippen LogP contribution in [0.15, 0.2) is 30.7 Å². The molecule has 0 aliphatic rings. The molecule has 0 bridgehead atoms. The fourth-order valence-electron chi connectivity index (χ4n) is 1.75. The third kappa shape index (κ3) is 4.08. The van der Waals surface area contributed by atoms with Gasteiger partial charge < -0.3 is 15.6 Å². The Hall–Kier alpha value is -2.37. The van der Waals surface area contributed by atoms with E-state index in [1.54, 1.807) is 24.7 Å². The number of pyridine rings is 1. The molecular weight excluding hydrogens is 254 g/mol. The normalized spacial score (nSPS) is 10.2. The number of rotatable bonds is 7.